The van der Waals surface area contributed by atoms with E-state index in [1.54, 1.807) is 13.8 Å². The van der Waals surface area contributed by atoms with Gasteiger partial charge in [0.2, 0.25) is 5.91 Å². The van der Waals surface area contributed by atoms with Crippen LogP contribution in [0, 0.1) is 6.92 Å². The van der Waals surface area contributed by atoms with Crippen LogP contribution in [-0.2, 0) is 9.59 Å². The molecular formula is C19H27N3O3. The number of amides is 4. The Hall–Kier alpha value is -2.37. The van der Waals surface area contributed by atoms with Crippen molar-refractivity contribution in [2.45, 2.75) is 58.5 Å². The van der Waals surface area contributed by atoms with Gasteiger partial charge in [-0.1, -0.05) is 36.8 Å². The maximum Gasteiger partial charge on any atom is 0.325 e. The minimum absolute atomic E-state index is 0.0243. The van der Waals surface area contributed by atoms with Crippen LogP contribution >= 0.6 is 0 Å². The van der Waals surface area contributed by atoms with Crippen LogP contribution in [0.15, 0.2) is 24.3 Å². The number of urea groups is 1. The molecule has 1 heterocycles. The van der Waals surface area contributed by atoms with E-state index >= 15 is 0 Å². The largest absolute Gasteiger partial charge is 0.349 e. The van der Waals surface area contributed by atoms with Crippen LogP contribution in [0.5, 0.6) is 0 Å². The van der Waals surface area contributed by atoms with Gasteiger partial charge < -0.3 is 10.6 Å². The van der Waals surface area contributed by atoms with Gasteiger partial charge in [0.25, 0.3) is 5.91 Å². The Bertz CT molecular complexity index is 652. The molecule has 0 aromatic heterocycles. The molecule has 4 amide bonds. The Kier molecular flexibility index (Phi) is 5.82. The van der Waals surface area contributed by atoms with Gasteiger partial charge in [0.15, 0.2) is 0 Å². The summed E-state index contributed by atoms with van der Waals surface area (Å²) in [5, 5.41) is 5.66. The summed E-state index contributed by atoms with van der Waals surface area (Å²) in [4.78, 5) is 37.3. The number of nitrogens with zero attached hydrogens (tertiary/aromatic N) is 1. The molecule has 1 aliphatic heterocycles. The molecule has 136 valence electrons. The average molecular weight is 345 g/mol. The highest BCUT2D eigenvalue weighted by Crippen LogP contribution is 2.19. The lowest BCUT2D eigenvalue weighted by Crippen LogP contribution is -2.40. The summed E-state index contributed by atoms with van der Waals surface area (Å²) in [6, 6.07) is 7.70. The van der Waals surface area contributed by atoms with Crippen LogP contribution in [0.2, 0.25) is 0 Å². The van der Waals surface area contributed by atoms with Crippen LogP contribution in [0.4, 0.5) is 4.79 Å². The van der Waals surface area contributed by atoms with Gasteiger partial charge in [-0.3, -0.25) is 14.5 Å². The first-order valence-corrected chi connectivity index (χ1v) is 8.74. The van der Waals surface area contributed by atoms with E-state index in [4.69, 9.17) is 0 Å². The monoisotopic (exact) mass is 345 g/mol. The summed E-state index contributed by atoms with van der Waals surface area (Å²) < 4.78 is 0. The summed E-state index contributed by atoms with van der Waals surface area (Å²) in [7, 11) is 0. The predicted molar refractivity (Wildman–Crippen MR) is 95.9 cm³/mol. The van der Waals surface area contributed by atoms with E-state index in [9.17, 15) is 14.4 Å². The van der Waals surface area contributed by atoms with Crippen molar-refractivity contribution in [1.82, 2.24) is 15.5 Å². The first kappa shape index (κ1) is 19.0. The Labute approximate surface area is 149 Å². The fraction of sp³-hybridized carbons (Fsp3) is 0.526. The molecule has 1 saturated heterocycles. The van der Waals surface area contributed by atoms with Crippen molar-refractivity contribution in [3.8, 4) is 0 Å². The smallest absolute Gasteiger partial charge is 0.325 e. The molecule has 0 spiro atoms. The molecular weight excluding hydrogens is 318 g/mol. The second-order valence-corrected chi connectivity index (χ2v) is 7.05. The normalized spacial score (nSPS) is 17.4. The fourth-order valence-electron chi connectivity index (χ4n) is 2.91. The first-order chi connectivity index (χ1) is 11.7. The van der Waals surface area contributed by atoms with Gasteiger partial charge >= 0.3 is 6.03 Å². The molecule has 1 unspecified atom stereocenters. The Morgan fingerprint density at radius 3 is 2.40 bits per heavy atom. The van der Waals surface area contributed by atoms with Crippen molar-refractivity contribution >= 4 is 17.8 Å². The van der Waals surface area contributed by atoms with Crippen LogP contribution in [0.25, 0.3) is 0 Å². The number of hydrogen-bond acceptors (Lipinski definition) is 3. The molecule has 1 atom stereocenters. The Morgan fingerprint density at radius 1 is 1.24 bits per heavy atom. The number of carbonyl (C=O) groups excluding carboxylic acids is 3. The van der Waals surface area contributed by atoms with Crippen molar-refractivity contribution in [3.05, 3.63) is 35.4 Å². The van der Waals surface area contributed by atoms with Crippen molar-refractivity contribution in [3.63, 3.8) is 0 Å². The highest BCUT2D eigenvalue weighted by Gasteiger charge is 2.43. The van der Waals surface area contributed by atoms with E-state index in [0.29, 0.717) is 6.42 Å². The summed E-state index contributed by atoms with van der Waals surface area (Å²) in [5.41, 5.74) is 1.40. The van der Waals surface area contributed by atoms with Crippen LogP contribution in [0.3, 0.4) is 0 Å². The molecule has 0 aliphatic carbocycles. The molecule has 2 rings (SSSR count). The summed E-state index contributed by atoms with van der Waals surface area (Å²) in [6.45, 7) is 7.66. The van der Waals surface area contributed by atoms with Gasteiger partial charge in [-0.2, -0.15) is 0 Å². The molecule has 0 saturated carbocycles. The lowest BCUT2D eigenvalue weighted by atomic mass is 10.0. The minimum Gasteiger partial charge on any atom is -0.349 e. The van der Waals surface area contributed by atoms with Gasteiger partial charge in [-0.05, 0) is 39.2 Å². The van der Waals surface area contributed by atoms with Gasteiger partial charge in [-0.15, -0.1) is 0 Å². The number of aryl methyl sites for hydroxylation is 1. The summed E-state index contributed by atoms with van der Waals surface area (Å²) >= 11 is 0. The topological polar surface area (TPSA) is 78.5 Å². The van der Waals surface area contributed by atoms with Crippen molar-refractivity contribution in [1.29, 1.82) is 0 Å². The highest BCUT2D eigenvalue weighted by atomic mass is 16.2. The first-order valence-electron chi connectivity index (χ1n) is 8.74. The molecule has 6 nitrogen and oxygen atoms in total. The van der Waals surface area contributed by atoms with E-state index < -0.39 is 5.54 Å². The lowest BCUT2D eigenvalue weighted by Gasteiger charge is -2.19. The highest BCUT2D eigenvalue weighted by molar-refractivity contribution is 6.06. The zero-order chi connectivity index (χ0) is 18.6. The van der Waals surface area contributed by atoms with Crippen molar-refractivity contribution < 1.29 is 14.4 Å². The number of imide groups is 1. The van der Waals surface area contributed by atoms with E-state index in [1.807, 2.05) is 38.1 Å². The number of benzene rings is 1. The molecule has 1 fully saturated rings. The molecule has 2 N–H and O–H groups in total. The zero-order valence-corrected chi connectivity index (χ0v) is 15.4. The second-order valence-electron chi connectivity index (χ2n) is 7.05. The average Bonchev–Trinajstić information content (AvgIpc) is 2.75. The Morgan fingerprint density at radius 2 is 1.88 bits per heavy atom. The molecule has 1 aliphatic rings. The van der Waals surface area contributed by atoms with E-state index in [2.05, 4.69) is 10.6 Å². The predicted octanol–water partition coefficient (Wildman–Crippen LogP) is 2.67. The number of nitrogens with one attached hydrogen (secondary N) is 2. The van der Waals surface area contributed by atoms with Gasteiger partial charge in [0.05, 0.1) is 6.04 Å². The third-order valence-corrected chi connectivity index (χ3v) is 4.45. The van der Waals surface area contributed by atoms with E-state index in [1.165, 1.54) is 10.5 Å². The van der Waals surface area contributed by atoms with E-state index in [0.717, 1.165) is 12.0 Å². The van der Waals surface area contributed by atoms with Crippen LogP contribution in [0.1, 0.15) is 57.2 Å². The molecule has 6 heteroatoms. The lowest BCUT2D eigenvalue weighted by molar-refractivity contribution is -0.130. The Balaban J connectivity index is 1.83. The molecule has 0 radical (unpaired) electrons. The SMILES string of the molecule is CCC(NC(=O)CCCN1C(=O)NC(C)(C)C1=O)c1ccc(C)cc1. The third kappa shape index (κ3) is 4.59. The van der Waals surface area contributed by atoms with Gasteiger partial charge in [-0.25, -0.2) is 4.79 Å². The molecule has 1 aromatic carbocycles. The zero-order valence-electron chi connectivity index (χ0n) is 15.4. The van der Waals surface area contributed by atoms with E-state index in [-0.39, 0.29) is 36.9 Å². The standard InChI is InChI=1S/C19H27N3O3/c1-5-15(14-10-8-13(2)9-11-14)20-16(23)7-6-12-22-17(24)19(3,4)21-18(22)25/h8-11,15H,5-7,12H2,1-4H3,(H,20,23)(H,21,25). The number of carbonyl (C=O) groups is 3. The van der Waals surface area contributed by atoms with Crippen molar-refractivity contribution in [2.75, 3.05) is 6.54 Å². The maximum atomic E-state index is 12.2. The number of hydrogen-bond donors (Lipinski definition) is 2. The summed E-state index contributed by atoms with van der Waals surface area (Å²) in [6.07, 6.45) is 1.53. The molecule has 0 bridgehead atoms. The molecule has 1 aromatic rings. The fourth-order valence-corrected chi connectivity index (χ4v) is 2.91. The van der Waals surface area contributed by atoms with Crippen LogP contribution in [-0.4, -0.2) is 34.8 Å². The van der Waals surface area contributed by atoms with Crippen LogP contribution < -0.4 is 10.6 Å². The van der Waals surface area contributed by atoms with Gasteiger partial charge in [0, 0.05) is 13.0 Å². The quantitative estimate of drug-likeness (QED) is 0.746. The summed E-state index contributed by atoms with van der Waals surface area (Å²) in [5.74, 6) is -0.317. The van der Waals surface area contributed by atoms with Crippen molar-refractivity contribution in [2.24, 2.45) is 0 Å². The maximum absolute atomic E-state index is 12.2. The third-order valence-electron chi connectivity index (χ3n) is 4.45. The molecule has 25 heavy (non-hydrogen) atoms. The van der Waals surface area contributed by atoms with Gasteiger partial charge in [0.1, 0.15) is 5.54 Å². The minimum atomic E-state index is -0.863. The second kappa shape index (κ2) is 7.68. The number of rotatable bonds is 7.